The van der Waals surface area contributed by atoms with Crippen LogP contribution < -0.4 is 29.6 Å². The zero-order valence-corrected chi connectivity index (χ0v) is 32.6. The van der Waals surface area contributed by atoms with Gasteiger partial charge in [0.1, 0.15) is 10.1 Å². The standard InChI is InChI=1S/C38H62O7S.Na/c1-3-5-7-9-11-13-15-17-19-21-23-25-27-32-44-37(39)34-30-29-31-35(46(41,42)43)36(34)38(40)45-33-28-26-24-22-20-18-16-14-12-10-8-6-4-2;/h11-14,29-31H,3-10,15-28,32-33H2,1-2H3,(H,41,42,43);/q;+1/p-1/b13-11+,14-12+;. The molecule has 1 rings (SSSR count). The Kier molecular flexibility index (Phi) is 29.7. The Balaban J connectivity index is 0.0000212. The Morgan fingerprint density at radius 2 is 0.979 bits per heavy atom. The van der Waals surface area contributed by atoms with E-state index in [9.17, 15) is 22.6 Å². The Bertz CT molecular complexity index is 1120. The van der Waals surface area contributed by atoms with Gasteiger partial charge >= 0.3 is 41.5 Å². The summed E-state index contributed by atoms with van der Waals surface area (Å²) < 4.78 is 46.4. The molecule has 0 aromatic heterocycles. The van der Waals surface area contributed by atoms with Crippen molar-refractivity contribution in [2.24, 2.45) is 0 Å². The summed E-state index contributed by atoms with van der Waals surface area (Å²) in [4.78, 5) is 25.0. The second kappa shape index (κ2) is 30.6. The molecule has 0 fully saturated rings. The van der Waals surface area contributed by atoms with Crippen LogP contribution in [0.25, 0.3) is 0 Å². The monoisotopic (exact) mass is 684 g/mol. The maximum Gasteiger partial charge on any atom is 1.00 e. The van der Waals surface area contributed by atoms with E-state index in [2.05, 4.69) is 38.2 Å². The van der Waals surface area contributed by atoms with Crippen molar-refractivity contribution < 1.29 is 61.6 Å². The van der Waals surface area contributed by atoms with Gasteiger partial charge in [-0.2, -0.15) is 0 Å². The summed E-state index contributed by atoms with van der Waals surface area (Å²) in [6.07, 6.45) is 33.3. The minimum Gasteiger partial charge on any atom is -0.744 e. The van der Waals surface area contributed by atoms with Gasteiger partial charge in [-0.3, -0.25) is 0 Å². The molecule has 0 atom stereocenters. The van der Waals surface area contributed by atoms with Gasteiger partial charge in [0.15, 0.2) is 0 Å². The van der Waals surface area contributed by atoms with E-state index in [1.807, 2.05) is 0 Å². The Hall–Kier alpha value is -1.45. The topological polar surface area (TPSA) is 110 Å². The summed E-state index contributed by atoms with van der Waals surface area (Å²) in [5, 5.41) is 0. The molecule has 9 heteroatoms. The summed E-state index contributed by atoms with van der Waals surface area (Å²) in [7, 11) is -5.01. The molecule has 0 aliphatic heterocycles. The van der Waals surface area contributed by atoms with E-state index >= 15 is 0 Å². The molecular formula is C38H61NaO7S. The molecule has 1 aromatic carbocycles. The van der Waals surface area contributed by atoms with Gasteiger partial charge in [-0.25, -0.2) is 18.0 Å². The zero-order chi connectivity index (χ0) is 33.7. The number of carbonyl (C=O) groups excluding carboxylic acids is 2. The number of benzene rings is 1. The molecule has 0 amide bonds. The second-order valence-corrected chi connectivity index (χ2v) is 13.5. The van der Waals surface area contributed by atoms with Crippen molar-refractivity contribution in [2.45, 2.75) is 160 Å². The van der Waals surface area contributed by atoms with Gasteiger partial charge in [0, 0.05) is 0 Å². The molecule has 0 bridgehead atoms. The van der Waals surface area contributed by atoms with Crippen molar-refractivity contribution in [1.29, 1.82) is 0 Å². The van der Waals surface area contributed by atoms with E-state index in [1.165, 1.54) is 69.9 Å². The van der Waals surface area contributed by atoms with Crippen LogP contribution in [0.15, 0.2) is 47.4 Å². The molecule has 0 radical (unpaired) electrons. The fourth-order valence-corrected chi connectivity index (χ4v) is 5.93. The van der Waals surface area contributed by atoms with E-state index in [1.54, 1.807) is 0 Å². The van der Waals surface area contributed by atoms with E-state index in [4.69, 9.17) is 9.47 Å². The SMILES string of the molecule is CCCCC/C=C/CCCCCCCCOC(=O)c1cccc(S(=O)(=O)[O-])c1C(=O)OCCCCCCCC/C=C/CCCCC.[Na+]. The minimum absolute atomic E-state index is 0. The summed E-state index contributed by atoms with van der Waals surface area (Å²) in [6.45, 7) is 4.66. The Morgan fingerprint density at radius 1 is 0.596 bits per heavy atom. The minimum atomic E-state index is -5.01. The molecular weight excluding hydrogens is 623 g/mol. The van der Waals surface area contributed by atoms with Crippen LogP contribution in [0.5, 0.6) is 0 Å². The molecule has 0 saturated carbocycles. The van der Waals surface area contributed by atoms with Crippen molar-refractivity contribution in [3.05, 3.63) is 53.6 Å². The van der Waals surface area contributed by atoms with Crippen LogP contribution in [0.2, 0.25) is 0 Å². The van der Waals surface area contributed by atoms with Crippen LogP contribution in [0.1, 0.15) is 176 Å². The number of unbranched alkanes of at least 4 members (excludes halogenated alkanes) is 18. The van der Waals surface area contributed by atoms with Crippen LogP contribution in [0.3, 0.4) is 0 Å². The molecule has 0 aliphatic rings. The van der Waals surface area contributed by atoms with Crippen molar-refractivity contribution in [2.75, 3.05) is 13.2 Å². The number of hydrogen-bond acceptors (Lipinski definition) is 7. The largest absolute Gasteiger partial charge is 1.00 e. The van der Waals surface area contributed by atoms with Gasteiger partial charge in [0.25, 0.3) is 0 Å². The first-order chi connectivity index (χ1) is 22.3. The molecule has 0 aliphatic carbocycles. The van der Waals surface area contributed by atoms with E-state index in [0.29, 0.717) is 12.8 Å². The molecule has 0 N–H and O–H groups in total. The maximum atomic E-state index is 12.9. The van der Waals surface area contributed by atoms with Crippen LogP contribution in [0, 0.1) is 0 Å². The predicted molar refractivity (Wildman–Crippen MR) is 186 cm³/mol. The van der Waals surface area contributed by atoms with Crippen molar-refractivity contribution in [3.8, 4) is 0 Å². The fraction of sp³-hybridized carbons (Fsp3) is 0.684. The summed E-state index contributed by atoms with van der Waals surface area (Å²) in [5.41, 5.74) is -0.797. The summed E-state index contributed by atoms with van der Waals surface area (Å²) in [5.74, 6) is -1.83. The summed E-state index contributed by atoms with van der Waals surface area (Å²) in [6, 6.07) is 3.59. The van der Waals surface area contributed by atoms with Gasteiger partial charge in [-0.15, -0.1) is 0 Å². The van der Waals surface area contributed by atoms with Crippen LogP contribution in [-0.4, -0.2) is 38.1 Å². The average molecular weight is 685 g/mol. The Morgan fingerprint density at radius 3 is 1.40 bits per heavy atom. The molecule has 0 heterocycles. The quantitative estimate of drug-likeness (QED) is 0.0280. The summed E-state index contributed by atoms with van der Waals surface area (Å²) >= 11 is 0. The van der Waals surface area contributed by atoms with E-state index in [0.717, 1.165) is 76.7 Å². The molecule has 0 saturated heterocycles. The maximum absolute atomic E-state index is 12.9. The smallest absolute Gasteiger partial charge is 0.744 e. The normalized spacial score (nSPS) is 11.6. The Labute approximate surface area is 308 Å². The number of esters is 2. The molecule has 262 valence electrons. The van der Waals surface area contributed by atoms with Gasteiger partial charge in [0.2, 0.25) is 0 Å². The van der Waals surface area contributed by atoms with Crippen molar-refractivity contribution in [1.82, 2.24) is 0 Å². The average Bonchev–Trinajstić information content (AvgIpc) is 3.04. The van der Waals surface area contributed by atoms with Crippen LogP contribution in [-0.2, 0) is 19.6 Å². The van der Waals surface area contributed by atoms with Crippen LogP contribution >= 0.6 is 0 Å². The van der Waals surface area contributed by atoms with Gasteiger partial charge in [-0.05, 0) is 76.3 Å². The van der Waals surface area contributed by atoms with E-state index in [-0.39, 0.29) is 48.3 Å². The van der Waals surface area contributed by atoms with Crippen molar-refractivity contribution in [3.63, 3.8) is 0 Å². The molecule has 7 nitrogen and oxygen atoms in total. The van der Waals surface area contributed by atoms with Gasteiger partial charge < -0.3 is 14.0 Å². The first-order valence-electron chi connectivity index (χ1n) is 18.1. The third kappa shape index (κ3) is 23.5. The second-order valence-electron chi connectivity index (χ2n) is 12.2. The number of ether oxygens (including phenoxy) is 2. The molecule has 0 unspecified atom stereocenters. The number of hydrogen-bond donors (Lipinski definition) is 0. The number of allylic oxidation sites excluding steroid dienone is 4. The first-order valence-corrected chi connectivity index (χ1v) is 19.5. The third-order valence-electron chi connectivity index (χ3n) is 8.00. The molecule has 47 heavy (non-hydrogen) atoms. The number of rotatable bonds is 29. The zero-order valence-electron chi connectivity index (χ0n) is 29.8. The van der Waals surface area contributed by atoms with Crippen LogP contribution in [0.4, 0.5) is 0 Å². The third-order valence-corrected chi connectivity index (χ3v) is 8.88. The van der Waals surface area contributed by atoms with E-state index < -0.39 is 32.5 Å². The predicted octanol–water partition coefficient (Wildman–Crippen LogP) is 7.64. The van der Waals surface area contributed by atoms with Gasteiger partial charge in [0.05, 0.1) is 29.2 Å². The van der Waals surface area contributed by atoms with Crippen molar-refractivity contribution >= 4 is 22.1 Å². The van der Waals surface area contributed by atoms with Gasteiger partial charge in [-0.1, -0.05) is 121 Å². The number of carbonyl (C=O) groups is 2. The fourth-order valence-electron chi connectivity index (χ4n) is 5.24. The molecule has 0 spiro atoms. The molecule has 1 aromatic rings. The first kappa shape index (κ1) is 45.6.